The van der Waals surface area contributed by atoms with Crippen LogP contribution in [0.15, 0.2) is 24.3 Å². The van der Waals surface area contributed by atoms with Crippen LogP contribution in [-0.2, 0) is 11.3 Å². The van der Waals surface area contributed by atoms with Gasteiger partial charge in [0, 0.05) is 12.6 Å². The third-order valence-corrected chi connectivity index (χ3v) is 3.94. The average molecular weight is 261 g/mol. The van der Waals surface area contributed by atoms with Crippen molar-refractivity contribution in [2.45, 2.75) is 58.1 Å². The van der Waals surface area contributed by atoms with Crippen LogP contribution >= 0.6 is 0 Å². The largest absolute Gasteiger partial charge is 0.377 e. The van der Waals surface area contributed by atoms with E-state index in [4.69, 9.17) is 4.74 Å². The van der Waals surface area contributed by atoms with Gasteiger partial charge in [-0.1, -0.05) is 44.5 Å². The minimum absolute atomic E-state index is 0.604. The van der Waals surface area contributed by atoms with Gasteiger partial charge in [-0.25, -0.2) is 0 Å². The molecule has 1 atom stereocenters. The summed E-state index contributed by atoms with van der Waals surface area (Å²) in [4.78, 5) is 0. The quantitative estimate of drug-likeness (QED) is 0.785. The Kier molecular flexibility index (Phi) is 5.87. The molecule has 0 radical (unpaired) electrons. The molecule has 19 heavy (non-hydrogen) atoms. The monoisotopic (exact) mass is 261 g/mol. The van der Waals surface area contributed by atoms with Crippen LogP contribution in [0.5, 0.6) is 0 Å². The van der Waals surface area contributed by atoms with E-state index in [2.05, 4.69) is 43.4 Å². The average Bonchev–Trinajstić information content (AvgIpc) is 2.45. The third-order valence-electron chi connectivity index (χ3n) is 3.94. The molecule has 1 aromatic carbocycles. The summed E-state index contributed by atoms with van der Waals surface area (Å²) < 4.78 is 5.78. The molecular formula is C17H27NO. The first-order chi connectivity index (χ1) is 9.25. The summed E-state index contributed by atoms with van der Waals surface area (Å²) in [6.07, 6.45) is 5.16. The van der Waals surface area contributed by atoms with E-state index < -0.39 is 0 Å². The molecule has 0 bridgehead atoms. The number of ether oxygens (including phenoxy) is 1. The molecule has 1 aromatic rings. The molecule has 2 nitrogen and oxygen atoms in total. The molecule has 0 spiro atoms. The Balaban J connectivity index is 1.64. The molecule has 1 heterocycles. The van der Waals surface area contributed by atoms with Gasteiger partial charge in [0.25, 0.3) is 0 Å². The van der Waals surface area contributed by atoms with Crippen LogP contribution in [0.3, 0.4) is 0 Å². The summed E-state index contributed by atoms with van der Waals surface area (Å²) >= 11 is 0. The topological polar surface area (TPSA) is 21.3 Å². The minimum Gasteiger partial charge on any atom is -0.377 e. The summed E-state index contributed by atoms with van der Waals surface area (Å²) in [5.74, 6) is 0.604. The zero-order chi connectivity index (χ0) is 13.5. The zero-order valence-electron chi connectivity index (χ0n) is 12.3. The maximum absolute atomic E-state index is 5.78. The molecule has 1 fully saturated rings. The summed E-state index contributed by atoms with van der Waals surface area (Å²) in [5, 5.41) is 3.56. The molecule has 0 saturated carbocycles. The van der Waals surface area contributed by atoms with Crippen molar-refractivity contribution in [1.29, 1.82) is 0 Å². The van der Waals surface area contributed by atoms with E-state index in [1.807, 2.05) is 0 Å². The fourth-order valence-corrected chi connectivity index (χ4v) is 2.58. The van der Waals surface area contributed by atoms with Gasteiger partial charge in [-0.15, -0.1) is 0 Å². The lowest BCUT2D eigenvalue weighted by molar-refractivity contribution is 0.108. The van der Waals surface area contributed by atoms with Crippen LogP contribution in [0.25, 0.3) is 0 Å². The predicted octanol–water partition coefficient (Wildman–Crippen LogP) is 3.86. The van der Waals surface area contributed by atoms with Gasteiger partial charge >= 0.3 is 0 Å². The van der Waals surface area contributed by atoms with Crippen molar-refractivity contribution in [3.63, 3.8) is 0 Å². The highest BCUT2D eigenvalue weighted by Gasteiger charge is 2.11. The van der Waals surface area contributed by atoms with Gasteiger partial charge in [0.05, 0.1) is 6.61 Å². The molecule has 106 valence electrons. The van der Waals surface area contributed by atoms with Crippen molar-refractivity contribution < 1.29 is 4.74 Å². The molecule has 0 aliphatic carbocycles. The van der Waals surface area contributed by atoms with Crippen LogP contribution < -0.4 is 5.32 Å². The molecule has 1 aliphatic heterocycles. The summed E-state index contributed by atoms with van der Waals surface area (Å²) in [6.45, 7) is 7.24. The van der Waals surface area contributed by atoms with Crippen LogP contribution in [0.1, 0.15) is 56.6 Å². The fourth-order valence-electron chi connectivity index (χ4n) is 2.58. The second kappa shape index (κ2) is 7.66. The van der Waals surface area contributed by atoms with Crippen molar-refractivity contribution >= 4 is 0 Å². The highest BCUT2D eigenvalue weighted by Crippen LogP contribution is 2.15. The van der Waals surface area contributed by atoms with E-state index in [0.29, 0.717) is 12.0 Å². The van der Waals surface area contributed by atoms with Crippen LogP contribution in [0.4, 0.5) is 0 Å². The van der Waals surface area contributed by atoms with E-state index in [1.165, 1.54) is 36.9 Å². The molecule has 2 rings (SSSR count). The SMILES string of the molecule is CC(C)c1ccc(COCCC2CCCCN2)cc1. The van der Waals surface area contributed by atoms with Crippen LogP contribution in [-0.4, -0.2) is 19.2 Å². The molecule has 1 saturated heterocycles. The van der Waals surface area contributed by atoms with Gasteiger partial charge in [0.1, 0.15) is 0 Å². The summed E-state index contributed by atoms with van der Waals surface area (Å²) in [7, 11) is 0. The number of nitrogens with one attached hydrogen (secondary N) is 1. The standard InChI is InChI=1S/C17H27NO/c1-14(2)16-8-6-15(7-9-16)13-19-12-10-17-5-3-4-11-18-17/h6-9,14,17-18H,3-5,10-13H2,1-2H3. The third kappa shape index (κ3) is 4.96. The summed E-state index contributed by atoms with van der Waals surface area (Å²) in [6, 6.07) is 9.48. The molecule has 1 unspecified atom stereocenters. The highest BCUT2D eigenvalue weighted by atomic mass is 16.5. The second-order valence-electron chi connectivity index (χ2n) is 5.88. The van der Waals surface area contributed by atoms with E-state index in [0.717, 1.165) is 19.6 Å². The van der Waals surface area contributed by atoms with Crippen molar-refractivity contribution in [2.75, 3.05) is 13.2 Å². The number of rotatable bonds is 6. The van der Waals surface area contributed by atoms with Gasteiger partial charge in [0.15, 0.2) is 0 Å². The first-order valence-corrected chi connectivity index (χ1v) is 7.65. The van der Waals surface area contributed by atoms with Crippen molar-refractivity contribution in [3.8, 4) is 0 Å². The Morgan fingerprint density at radius 3 is 2.63 bits per heavy atom. The summed E-state index contributed by atoms with van der Waals surface area (Å²) in [5.41, 5.74) is 2.68. The number of hydrogen-bond donors (Lipinski definition) is 1. The Bertz CT molecular complexity index is 352. The molecular weight excluding hydrogens is 234 g/mol. The van der Waals surface area contributed by atoms with Gasteiger partial charge in [-0.3, -0.25) is 0 Å². The fraction of sp³-hybridized carbons (Fsp3) is 0.647. The molecule has 2 heteroatoms. The Morgan fingerprint density at radius 2 is 2.00 bits per heavy atom. The first-order valence-electron chi connectivity index (χ1n) is 7.65. The van der Waals surface area contributed by atoms with E-state index in [1.54, 1.807) is 0 Å². The Hall–Kier alpha value is -0.860. The van der Waals surface area contributed by atoms with Gasteiger partial charge < -0.3 is 10.1 Å². The highest BCUT2D eigenvalue weighted by molar-refractivity contribution is 5.24. The molecule has 1 N–H and O–H groups in total. The van der Waals surface area contributed by atoms with Gasteiger partial charge in [-0.2, -0.15) is 0 Å². The van der Waals surface area contributed by atoms with E-state index in [-0.39, 0.29) is 0 Å². The zero-order valence-corrected chi connectivity index (χ0v) is 12.3. The molecule has 0 aromatic heterocycles. The van der Waals surface area contributed by atoms with Crippen molar-refractivity contribution in [1.82, 2.24) is 5.32 Å². The Labute approximate surface area is 117 Å². The maximum atomic E-state index is 5.78. The second-order valence-corrected chi connectivity index (χ2v) is 5.88. The van der Waals surface area contributed by atoms with Crippen molar-refractivity contribution in [2.24, 2.45) is 0 Å². The Morgan fingerprint density at radius 1 is 1.21 bits per heavy atom. The van der Waals surface area contributed by atoms with E-state index in [9.17, 15) is 0 Å². The smallest absolute Gasteiger partial charge is 0.0716 e. The lowest BCUT2D eigenvalue weighted by atomic mass is 10.0. The van der Waals surface area contributed by atoms with Crippen LogP contribution in [0, 0.1) is 0 Å². The lowest BCUT2D eigenvalue weighted by Gasteiger charge is -2.23. The number of piperidine rings is 1. The minimum atomic E-state index is 0.604. The maximum Gasteiger partial charge on any atom is 0.0716 e. The molecule has 0 amide bonds. The first kappa shape index (κ1) is 14.5. The predicted molar refractivity (Wildman–Crippen MR) is 80.4 cm³/mol. The lowest BCUT2D eigenvalue weighted by Crippen LogP contribution is -2.34. The van der Waals surface area contributed by atoms with Gasteiger partial charge in [-0.05, 0) is 42.9 Å². The van der Waals surface area contributed by atoms with Gasteiger partial charge in [0.2, 0.25) is 0 Å². The normalized spacial score (nSPS) is 19.8. The van der Waals surface area contributed by atoms with E-state index >= 15 is 0 Å². The number of benzene rings is 1. The van der Waals surface area contributed by atoms with Crippen molar-refractivity contribution in [3.05, 3.63) is 35.4 Å². The molecule has 1 aliphatic rings. The van der Waals surface area contributed by atoms with Crippen LogP contribution in [0.2, 0.25) is 0 Å². The number of hydrogen-bond acceptors (Lipinski definition) is 2.